The summed E-state index contributed by atoms with van der Waals surface area (Å²) in [5.41, 5.74) is 2.05. The molecule has 2 aromatic rings. The first-order valence-corrected chi connectivity index (χ1v) is 12.4. The molecule has 4 rings (SSSR count). The van der Waals surface area contributed by atoms with Crippen LogP contribution in [-0.2, 0) is 4.79 Å². The fraction of sp³-hybridized carbons (Fsp3) is 0.400. The lowest BCUT2D eigenvalue weighted by Gasteiger charge is -2.17. The minimum atomic E-state index is -0.0114. The Bertz CT molecular complexity index is 854. The Labute approximate surface area is 199 Å². The van der Waals surface area contributed by atoms with Crippen molar-refractivity contribution in [3.8, 4) is 0 Å². The molecule has 0 aromatic heterocycles. The van der Waals surface area contributed by atoms with Gasteiger partial charge in [0, 0.05) is 0 Å². The van der Waals surface area contributed by atoms with Crippen molar-refractivity contribution in [2.75, 3.05) is 0 Å². The van der Waals surface area contributed by atoms with Crippen molar-refractivity contribution in [1.29, 1.82) is 0 Å². The number of nitrogens with zero attached hydrogens (tertiary/aromatic N) is 2. The van der Waals surface area contributed by atoms with Gasteiger partial charge in [-0.05, 0) is 49.0 Å². The molecule has 0 bridgehead atoms. The van der Waals surface area contributed by atoms with Crippen molar-refractivity contribution >= 4 is 23.9 Å². The molecule has 2 fully saturated rings. The molecule has 0 N–H and O–H groups in total. The topological polar surface area (TPSA) is 41.8 Å². The van der Waals surface area contributed by atoms with Gasteiger partial charge in [0.2, 0.25) is 0 Å². The van der Waals surface area contributed by atoms with Gasteiger partial charge >= 0.3 is 0 Å². The van der Waals surface area contributed by atoms with E-state index in [1.807, 2.05) is 72.8 Å². The number of carbonyl (C=O) groups is 1. The molecular formula is C30H36N2O. The minimum absolute atomic E-state index is 0.0114. The smallest absolute Gasteiger partial charge is 0.178 e. The van der Waals surface area contributed by atoms with E-state index in [0.29, 0.717) is 12.1 Å². The van der Waals surface area contributed by atoms with Gasteiger partial charge in [0.05, 0.1) is 18.1 Å². The molecule has 2 aromatic carbocycles. The van der Waals surface area contributed by atoms with E-state index in [-0.39, 0.29) is 5.78 Å². The minimum Gasteiger partial charge on any atom is -0.290 e. The van der Waals surface area contributed by atoms with Crippen LogP contribution in [0.5, 0.6) is 0 Å². The molecule has 0 aliphatic heterocycles. The molecule has 2 saturated carbocycles. The molecule has 33 heavy (non-hydrogen) atoms. The summed E-state index contributed by atoms with van der Waals surface area (Å²) in [5, 5.41) is 0. The SMILES string of the molecule is C(=NC1CCCCC1)=NC1CCCCC1.O=C(C=Cc1ccccc1)C=Cc1ccccc1. The Kier molecular flexibility index (Phi) is 11.1. The number of allylic oxidation sites excluding steroid dienone is 2. The summed E-state index contributed by atoms with van der Waals surface area (Å²) in [5.74, 6) is -0.0114. The predicted molar refractivity (Wildman–Crippen MR) is 140 cm³/mol. The van der Waals surface area contributed by atoms with Gasteiger partial charge in [-0.2, -0.15) is 0 Å². The number of benzene rings is 2. The van der Waals surface area contributed by atoms with E-state index in [1.54, 1.807) is 12.2 Å². The molecular weight excluding hydrogens is 404 g/mol. The molecule has 0 saturated heterocycles. The maximum Gasteiger partial charge on any atom is 0.178 e. The first-order chi connectivity index (χ1) is 16.3. The summed E-state index contributed by atoms with van der Waals surface area (Å²) in [6.45, 7) is 0. The van der Waals surface area contributed by atoms with Gasteiger partial charge in [0.15, 0.2) is 5.78 Å². The number of hydrogen-bond acceptors (Lipinski definition) is 3. The third-order valence-corrected chi connectivity index (χ3v) is 6.11. The Hall–Kier alpha value is -3.03. The molecule has 3 nitrogen and oxygen atoms in total. The normalized spacial score (nSPS) is 17.2. The average Bonchev–Trinajstić information content (AvgIpc) is 2.89. The van der Waals surface area contributed by atoms with E-state index in [9.17, 15) is 4.79 Å². The number of aliphatic imine (C=N–C) groups is 2. The van der Waals surface area contributed by atoms with E-state index >= 15 is 0 Å². The van der Waals surface area contributed by atoms with Crippen molar-refractivity contribution in [1.82, 2.24) is 0 Å². The summed E-state index contributed by atoms with van der Waals surface area (Å²) in [6.07, 6.45) is 20.0. The van der Waals surface area contributed by atoms with Crippen LogP contribution in [0.2, 0.25) is 0 Å². The van der Waals surface area contributed by atoms with Crippen LogP contribution in [0.3, 0.4) is 0 Å². The largest absolute Gasteiger partial charge is 0.290 e. The van der Waals surface area contributed by atoms with Crippen molar-refractivity contribution < 1.29 is 4.79 Å². The van der Waals surface area contributed by atoms with Gasteiger partial charge < -0.3 is 0 Å². The number of carbonyl (C=O) groups excluding carboxylic acids is 1. The molecule has 172 valence electrons. The Morgan fingerprint density at radius 3 is 1.42 bits per heavy atom. The second-order valence-electron chi connectivity index (χ2n) is 8.83. The van der Waals surface area contributed by atoms with Crippen LogP contribution in [0.4, 0.5) is 0 Å². The standard InChI is InChI=1S/C17H14O.C13H22N2/c18-17(13-11-15-7-3-1-4-8-15)14-12-16-9-5-2-6-10-16;1-3-7-12(8-4-1)14-11-15-13-9-5-2-6-10-13/h1-14H;12-13H,1-10H2. The lowest BCUT2D eigenvalue weighted by atomic mass is 9.96. The van der Waals surface area contributed by atoms with Crippen LogP contribution < -0.4 is 0 Å². The van der Waals surface area contributed by atoms with Gasteiger partial charge in [-0.3, -0.25) is 4.79 Å². The molecule has 3 heteroatoms. The van der Waals surface area contributed by atoms with Gasteiger partial charge in [-0.25, -0.2) is 9.98 Å². The van der Waals surface area contributed by atoms with Crippen LogP contribution in [-0.4, -0.2) is 23.9 Å². The van der Waals surface area contributed by atoms with Crippen LogP contribution >= 0.6 is 0 Å². The zero-order chi connectivity index (χ0) is 23.0. The number of rotatable bonds is 6. The van der Waals surface area contributed by atoms with Crippen LogP contribution in [0, 0.1) is 0 Å². The molecule has 0 spiro atoms. The predicted octanol–water partition coefficient (Wildman–Crippen LogP) is 7.81. The van der Waals surface area contributed by atoms with Gasteiger partial charge in [0.25, 0.3) is 0 Å². The Morgan fingerprint density at radius 2 is 1.03 bits per heavy atom. The number of hydrogen-bond donors (Lipinski definition) is 0. The fourth-order valence-electron chi connectivity index (χ4n) is 4.16. The summed E-state index contributed by atoms with van der Waals surface area (Å²) in [6, 6.07) is 23.6. The highest BCUT2D eigenvalue weighted by Gasteiger charge is 2.12. The molecule has 2 aliphatic carbocycles. The summed E-state index contributed by atoms with van der Waals surface area (Å²) < 4.78 is 0. The summed E-state index contributed by atoms with van der Waals surface area (Å²) in [4.78, 5) is 20.5. The van der Waals surface area contributed by atoms with E-state index in [0.717, 1.165) is 11.1 Å². The summed E-state index contributed by atoms with van der Waals surface area (Å²) >= 11 is 0. The molecule has 0 heterocycles. The monoisotopic (exact) mass is 440 g/mol. The second kappa shape index (κ2) is 14.9. The van der Waals surface area contributed by atoms with E-state index < -0.39 is 0 Å². The molecule has 0 atom stereocenters. The number of ketones is 1. The zero-order valence-corrected chi connectivity index (χ0v) is 19.6. The van der Waals surface area contributed by atoms with E-state index in [4.69, 9.17) is 0 Å². The van der Waals surface area contributed by atoms with Gasteiger partial charge in [0.1, 0.15) is 0 Å². The van der Waals surface area contributed by atoms with Crippen molar-refractivity contribution in [2.45, 2.75) is 76.3 Å². The Balaban J connectivity index is 0.000000189. The molecule has 0 amide bonds. The van der Waals surface area contributed by atoms with Crippen molar-refractivity contribution in [3.05, 3.63) is 83.9 Å². The first kappa shape index (κ1) is 24.6. The highest BCUT2D eigenvalue weighted by atomic mass is 16.1. The summed E-state index contributed by atoms with van der Waals surface area (Å²) in [7, 11) is 0. The van der Waals surface area contributed by atoms with E-state index in [2.05, 4.69) is 16.0 Å². The third kappa shape index (κ3) is 10.4. The van der Waals surface area contributed by atoms with Gasteiger partial charge in [-0.15, -0.1) is 0 Å². The maximum absolute atomic E-state index is 11.6. The fourth-order valence-corrected chi connectivity index (χ4v) is 4.16. The quantitative estimate of drug-likeness (QED) is 0.333. The maximum atomic E-state index is 11.6. The zero-order valence-electron chi connectivity index (χ0n) is 19.6. The lowest BCUT2D eigenvalue weighted by Crippen LogP contribution is -2.10. The van der Waals surface area contributed by atoms with E-state index in [1.165, 1.54) is 64.2 Å². The van der Waals surface area contributed by atoms with Crippen LogP contribution in [0.25, 0.3) is 12.2 Å². The van der Waals surface area contributed by atoms with Crippen molar-refractivity contribution in [2.24, 2.45) is 9.98 Å². The van der Waals surface area contributed by atoms with Crippen LogP contribution in [0.1, 0.15) is 75.3 Å². The highest BCUT2D eigenvalue weighted by molar-refractivity contribution is 6.04. The molecule has 2 aliphatic rings. The average molecular weight is 441 g/mol. The molecule has 0 unspecified atom stereocenters. The lowest BCUT2D eigenvalue weighted by molar-refractivity contribution is -0.110. The molecule has 0 radical (unpaired) electrons. The Morgan fingerprint density at radius 1 is 0.636 bits per heavy atom. The highest BCUT2D eigenvalue weighted by Crippen LogP contribution is 2.21. The second-order valence-corrected chi connectivity index (χ2v) is 8.83. The first-order valence-electron chi connectivity index (χ1n) is 12.4. The van der Waals surface area contributed by atoms with Gasteiger partial charge in [-0.1, -0.05) is 111 Å². The third-order valence-electron chi connectivity index (χ3n) is 6.11. The van der Waals surface area contributed by atoms with Crippen LogP contribution in [0.15, 0.2) is 82.8 Å². The van der Waals surface area contributed by atoms with Crippen molar-refractivity contribution in [3.63, 3.8) is 0 Å².